The van der Waals surface area contributed by atoms with Gasteiger partial charge in [0, 0.05) is 12.7 Å². The Morgan fingerprint density at radius 2 is 1.85 bits per heavy atom. The summed E-state index contributed by atoms with van der Waals surface area (Å²) in [5, 5.41) is 10.3. The average molecular weight is 274 g/mol. The van der Waals surface area contributed by atoms with Gasteiger partial charge in [0.25, 0.3) is 0 Å². The predicted octanol–water partition coefficient (Wildman–Crippen LogP) is 3.40. The van der Waals surface area contributed by atoms with Gasteiger partial charge in [-0.1, -0.05) is 42.5 Å². The maximum Gasteiger partial charge on any atom is 0.132 e. The summed E-state index contributed by atoms with van der Waals surface area (Å²) in [6, 6.07) is 12.6. The zero-order valence-electron chi connectivity index (χ0n) is 11.8. The van der Waals surface area contributed by atoms with Crippen LogP contribution in [0.4, 0.5) is 4.39 Å². The first-order valence-electron chi connectivity index (χ1n) is 6.64. The fraction of sp³-hybridized carbons (Fsp3) is 0.294. The zero-order chi connectivity index (χ0) is 14.5. The van der Waals surface area contributed by atoms with Gasteiger partial charge in [-0.15, -0.1) is 0 Å². The van der Waals surface area contributed by atoms with Crippen LogP contribution in [0.2, 0.25) is 0 Å². The van der Waals surface area contributed by atoms with Crippen molar-refractivity contribution in [3.8, 4) is 0 Å². The van der Waals surface area contributed by atoms with Crippen molar-refractivity contribution >= 4 is 0 Å². The van der Waals surface area contributed by atoms with Crippen LogP contribution in [-0.4, -0.2) is 18.8 Å². The minimum absolute atomic E-state index is 0.314. The highest BCUT2D eigenvalue weighted by atomic mass is 19.1. The van der Waals surface area contributed by atoms with E-state index in [9.17, 15) is 9.50 Å². The van der Waals surface area contributed by atoms with E-state index in [1.54, 1.807) is 32.2 Å². The van der Waals surface area contributed by atoms with Crippen LogP contribution < -0.4 is 0 Å². The van der Waals surface area contributed by atoms with Crippen LogP contribution in [0.15, 0.2) is 42.5 Å². The standard InChI is InChI=1S/C17H19FO2/c1-12-4-3-5-15(16(12)18)17(19)14-8-6-13(7-9-14)10-11-20-2/h3-9,17,19H,10-11H2,1-2H3. The average Bonchev–Trinajstić information content (AvgIpc) is 2.48. The van der Waals surface area contributed by atoms with Gasteiger partial charge in [0.2, 0.25) is 0 Å². The fourth-order valence-corrected chi connectivity index (χ4v) is 2.15. The summed E-state index contributed by atoms with van der Waals surface area (Å²) in [5.74, 6) is -0.344. The molecule has 0 saturated carbocycles. The highest BCUT2D eigenvalue weighted by Gasteiger charge is 2.15. The lowest BCUT2D eigenvalue weighted by Crippen LogP contribution is -2.04. The number of hydrogen-bond donors (Lipinski definition) is 1. The van der Waals surface area contributed by atoms with Crippen LogP contribution in [-0.2, 0) is 11.2 Å². The largest absolute Gasteiger partial charge is 0.384 e. The first kappa shape index (κ1) is 14.7. The molecule has 0 heterocycles. The summed E-state index contributed by atoms with van der Waals surface area (Å²) in [7, 11) is 1.67. The molecule has 2 rings (SSSR count). The smallest absolute Gasteiger partial charge is 0.132 e. The van der Waals surface area contributed by atoms with E-state index in [-0.39, 0.29) is 5.82 Å². The van der Waals surface area contributed by atoms with Crippen molar-refractivity contribution in [1.29, 1.82) is 0 Å². The van der Waals surface area contributed by atoms with Crippen molar-refractivity contribution in [2.45, 2.75) is 19.4 Å². The molecule has 20 heavy (non-hydrogen) atoms. The molecule has 0 aliphatic heterocycles. The monoisotopic (exact) mass is 274 g/mol. The molecule has 0 bridgehead atoms. The van der Waals surface area contributed by atoms with Gasteiger partial charge in [-0.3, -0.25) is 0 Å². The summed E-state index contributed by atoms with van der Waals surface area (Å²) < 4.78 is 19.0. The molecule has 0 fully saturated rings. The van der Waals surface area contributed by atoms with E-state index in [0.29, 0.717) is 23.3 Å². The number of ether oxygens (including phenoxy) is 1. The number of halogens is 1. The van der Waals surface area contributed by atoms with E-state index >= 15 is 0 Å². The van der Waals surface area contributed by atoms with E-state index < -0.39 is 6.10 Å². The van der Waals surface area contributed by atoms with Crippen LogP contribution in [0.25, 0.3) is 0 Å². The predicted molar refractivity (Wildman–Crippen MR) is 77.2 cm³/mol. The second-order valence-corrected chi connectivity index (χ2v) is 4.87. The van der Waals surface area contributed by atoms with E-state index in [4.69, 9.17) is 4.74 Å². The van der Waals surface area contributed by atoms with Gasteiger partial charge in [-0.25, -0.2) is 4.39 Å². The third-order valence-corrected chi connectivity index (χ3v) is 3.41. The molecule has 0 radical (unpaired) electrons. The van der Waals surface area contributed by atoms with Crippen LogP contribution in [0, 0.1) is 12.7 Å². The molecule has 2 aromatic rings. The molecule has 1 atom stereocenters. The third kappa shape index (κ3) is 3.24. The van der Waals surface area contributed by atoms with Crippen molar-refractivity contribution in [3.63, 3.8) is 0 Å². The van der Waals surface area contributed by atoms with Crippen molar-refractivity contribution < 1.29 is 14.2 Å². The van der Waals surface area contributed by atoms with Gasteiger partial charge in [-0.2, -0.15) is 0 Å². The number of hydrogen-bond acceptors (Lipinski definition) is 2. The van der Waals surface area contributed by atoms with Gasteiger partial charge < -0.3 is 9.84 Å². The molecule has 0 saturated heterocycles. The van der Waals surface area contributed by atoms with E-state index in [1.165, 1.54) is 0 Å². The summed E-state index contributed by atoms with van der Waals surface area (Å²) in [6.45, 7) is 2.35. The lowest BCUT2D eigenvalue weighted by molar-refractivity contribution is 0.202. The van der Waals surface area contributed by atoms with Crippen molar-refractivity contribution in [2.24, 2.45) is 0 Å². The molecule has 106 valence electrons. The van der Waals surface area contributed by atoms with Crippen molar-refractivity contribution in [3.05, 3.63) is 70.5 Å². The minimum atomic E-state index is -0.939. The summed E-state index contributed by atoms with van der Waals surface area (Å²) in [6.07, 6.45) is -0.113. The molecule has 2 nitrogen and oxygen atoms in total. The first-order chi connectivity index (χ1) is 9.63. The lowest BCUT2D eigenvalue weighted by Gasteiger charge is -2.14. The fourth-order valence-electron chi connectivity index (χ4n) is 2.15. The Kier molecular flexibility index (Phi) is 4.88. The van der Waals surface area contributed by atoms with Crippen LogP contribution in [0.3, 0.4) is 0 Å². The van der Waals surface area contributed by atoms with E-state index in [1.807, 2.05) is 24.3 Å². The second kappa shape index (κ2) is 6.64. The van der Waals surface area contributed by atoms with Crippen molar-refractivity contribution in [1.82, 2.24) is 0 Å². The van der Waals surface area contributed by atoms with Gasteiger partial charge in [0.05, 0.1) is 6.61 Å². The molecule has 0 aromatic heterocycles. The number of methoxy groups -OCH3 is 1. The molecule has 1 unspecified atom stereocenters. The number of aliphatic hydroxyl groups is 1. The van der Waals surface area contributed by atoms with Gasteiger partial charge >= 0.3 is 0 Å². The second-order valence-electron chi connectivity index (χ2n) is 4.87. The maximum atomic E-state index is 14.0. The quantitative estimate of drug-likeness (QED) is 0.905. The SMILES string of the molecule is COCCc1ccc(C(O)c2cccc(C)c2F)cc1. The molecular formula is C17H19FO2. The Balaban J connectivity index is 2.20. The van der Waals surface area contributed by atoms with Gasteiger partial charge in [0.15, 0.2) is 0 Å². The number of benzene rings is 2. The first-order valence-corrected chi connectivity index (χ1v) is 6.64. The number of aryl methyl sites for hydroxylation is 1. The molecule has 0 amide bonds. The van der Waals surface area contributed by atoms with E-state index in [0.717, 1.165) is 12.0 Å². The Morgan fingerprint density at radius 3 is 2.50 bits per heavy atom. The maximum absolute atomic E-state index is 14.0. The molecule has 0 spiro atoms. The highest BCUT2D eigenvalue weighted by Crippen LogP contribution is 2.26. The molecule has 1 N–H and O–H groups in total. The molecule has 0 aliphatic carbocycles. The van der Waals surface area contributed by atoms with Crippen LogP contribution in [0.5, 0.6) is 0 Å². The zero-order valence-corrected chi connectivity index (χ0v) is 11.8. The molecule has 3 heteroatoms. The number of aliphatic hydroxyl groups excluding tert-OH is 1. The van der Waals surface area contributed by atoms with Crippen LogP contribution >= 0.6 is 0 Å². The Hall–Kier alpha value is -1.71. The van der Waals surface area contributed by atoms with Crippen LogP contribution in [0.1, 0.15) is 28.4 Å². The normalized spacial score (nSPS) is 12.4. The molecule has 2 aromatic carbocycles. The van der Waals surface area contributed by atoms with Gasteiger partial charge in [-0.05, 0) is 30.0 Å². The minimum Gasteiger partial charge on any atom is -0.384 e. The lowest BCUT2D eigenvalue weighted by atomic mass is 9.98. The summed E-state index contributed by atoms with van der Waals surface area (Å²) >= 11 is 0. The molecular weight excluding hydrogens is 255 g/mol. The summed E-state index contributed by atoms with van der Waals surface area (Å²) in [5.41, 5.74) is 2.68. The van der Waals surface area contributed by atoms with E-state index in [2.05, 4.69) is 0 Å². The Morgan fingerprint density at radius 1 is 1.15 bits per heavy atom. The topological polar surface area (TPSA) is 29.5 Å². The summed E-state index contributed by atoms with van der Waals surface area (Å²) in [4.78, 5) is 0. The number of rotatable bonds is 5. The molecule has 0 aliphatic rings. The van der Waals surface area contributed by atoms with Gasteiger partial charge in [0.1, 0.15) is 11.9 Å². The third-order valence-electron chi connectivity index (χ3n) is 3.41. The Labute approximate surface area is 118 Å². The Bertz CT molecular complexity index is 564. The van der Waals surface area contributed by atoms with Crippen molar-refractivity contribution in [2.75, 3.05) is 13.7 Å². The highest BCUT2D eigenvalue weighted by molar-refractivity contribution is 5.35.